The summed E-state index contributed by atoms with van der Waals surface area (Å²) in [6.45, 7) is 1.88. The number of hydrazine groups is 1. The summed E-state index contributed by atoms with van der Waals surface area (Å²) < 4.78 is 13.2. The molecule has 4 N–H and O–H groups in total. The van der Waals surface area contributed by atoms with Gasteiger partial charge in [0, 0.05) is 6.61 Å². The quantitative estimate of drug-likeness (QED) is 0.492. The molecule has 0 aromatic carbocycles. The molecule has 0 saturated heterocycles. The molecule has 1 atom stereocenters. The van der Waals surface area contributed by atoms with Gasteiger partial charge in [-0.15, -0.1) is 0 Å². The van der Waals surface area contributed by atoms with Gasteiger partial charge in [0.15, 0.2) is 0 Å². The largest absolute Gasteiger partial charge is 0.396 e. The second-order valence-corrected chi connectivity index (χ2v) is 3.30. The molecule has 1 aromatic rings. The second-order valence-electron chi connectivity index (χ2n) is 3.30. The van der Waals surface area contributed by atoms with Crippen LogP contribution in [0.1, 0.15) is 12.5 Å². The van der Waals surface area contributed by atoms with Gasteiger partial charge in [-0.2, -0.15) is 0 Å². The molecule has 5 heteroatoms. The molecule has 78 valence electrons. The van der Waals surface area contributed by atoms with Gasteiger partial charge in [-0.1, -0.05) is 6.92 Å². The van der Waals surface area contributed by atoms with Gasteiger partial charge in [0.25, 0.3) is 0 Å². The Morgan fingerprint density at radius 2 is 2.43 bits per heavy atom. The van der Waals surface area contributed by atoms with Gasteiger partial charge in [0.05, 0.1) is 6.20 Å². The maximum atomic E-state index is 13.2. The van der Waals surface area contributed by atoms with E-state index >= 15 is 0 Å². The van der Waals surface area contributed by atoms with Crippen molar-refractivity contribution in [1.82, 2.24) is 4.98 Å². The molecule has 0 radical (unpaired) electrons. The molecule has 4 nitrogen and oxygen atoms in total. The van der Waals surface area contributed by atoms with E-state index in [-0.39, 0.29) is 18.3 Å². The first-order valence-corrected chi connectivity index (χ1v) is 4.39. The van der Waals surface area contributed by atoms with Crippen molar-refractivity contribution >= 4 is 5.82 Å². The third-order valence-corrected chi connectivity index (χ3v) is 1.96. The molecule has 1 rings (SSSR count). The van der Waals surface area contributed by atoms with Crippen molar-refractivity contribution in [3.05, 3.63) is 23.6 Å². The molecule has 0 aliphatic carbocycles. The Morgan fingerprint density at radius 3 is 3.00 bits per heavy atom. The van der Waals surface area contributed by atoms with E-state index in [4.69, 9.17) is 10.9 Å². The molecule has 1 aromatic heterocycles. The van der Waals surface area contributed by atoms with Gasteiger partial charge in [-0.3, -0.25) is 0 Å². The van der Waals surface area contributed by atoms with Crippen LogP contribution in [-0.2, 0) is 6.42 Å². The zero-order chi connectivity index (χ0) is 10.6. The number of aliphatic hydroxyl groups excluding tert-OH is 1. The lowest BCUT2D eigenvalue weighted by Crippen LogP contribution is -2.11. The van der Waals surface area contributed by atoms with E-state index in [1.165, 1.54) is 0 Å². The van der Waals surface area contributed by atoms with E-state index < -0.39 is 0 Å². The van der Waals surface area contributed by atoms with Crippen LogP contribution in [0.5, 0.6) is 0 Å². The fourth-order valence-electron chi connectivity index (χ4n) is 1.16. The summed E-state index contributed by atoms with van der Waals surface area (Å²) in [6.07, 6.45) is 1.59. The molecule has 0 fully saturated rings. The van der Waals surface area contributed by atoms with Gasteiger partial charge in [-0.05, 0) is 24.0 Å². The number of halogens is 1. The van der Waals surface area contributed by atoms with Crippen LogP contribution >= 0.6 is 0 Å². The lowest BCUT2D eigenvalue weighted by molar-refractivity contribution is 0.236. The minimum Gasteiger partial charge on any atom is -0.396 e. The first-order valence-electron chi connectivity index (χ1n) is 4.39. The summed E-state index contributed by atoms with van der Waals surface area (Å²) in [5.41, 5.74) is 2.85. The Morgan fingerprint density at radius 1 is 1.71 bits per heavy atom. The molecule has 0 amide bonds. The van der Waals surface area contributed by atoms with Crippen molar-refractivity contribution in [1.29, 1.82) is 0 Å². The van der Waals surface area contributed by atoms with E-state index in [2.05, 4.69) is 10.4 Å². The number of aromatic nitrogens is 1. The number of anilines is 1. The number of pyridine rings is 1. The van der Waals surface area contributed by atoms with Crippen molar-refractivity contribution in [3.8, 4) is 0 Å². The summed E-state index contributed by atoms with van der Waals surface area (Å²) in [5.74, 6) is 5.22. The zero-order valence-corrected chi connectivity index (χ0v) is 8.00. The predicted molar refractivity (Wildman–Crippen MR) is 52.0 cm³/mol. The Bertz CT molecular complexity index is 306. The minimum absolute atomic E-state index is 0.0255. The van der Waals surface area contributed by atoms with E-state index in [9.17, 15) is 4.39 Å². The number of nitrogens with one attached hydrogen (secondary N) is 1. The predicted octanol–water partition coefficient (Wildman–Crippen LogP) is 0.677. The molecular weight excluding hydrogens is 185 g/mol. The van der Waals surface area contributed by atoms with Crippen molar-refractivity contribution in [2.45, 2.75) is 13.3 Å². The summed E-state index contributed by atoms with van der Waals surface area (Å²) in [6, 6.07) is 1.54. The highest BCUT2D eigenvalue weighted by molar-refractivity contribution is 5.36. The fourth-order valence-corrected chi connectivity index (χ4v) is 1.16. The Kier molecular flexibility index (Phi) is 3.79. The Hall–Kier alpha value is -1.20. The highest BCUT2D eigenvalue weighted by Crippen LogP contribution is 2.14. The molecule has 0 saturated carbocycles. The smallest absolute Gasteiger partial charge is 0.144 e. The molecule has 0 aliphatic rings. The summed E-state index contributed by atoms with van der Waals surface area (Å²) in [7, 11) is 0. The van der Waals surface area contributed by atoms with Crippen LogP contribution in [0.3, 0.4) is 0 Å². The summed E-state index contributed by atoms with van der Waals surface area (Å²) in [5, 5.41) is 8.84. The maximum absolute atomic E-state index is 13.2. The maximum Gasteiger partial charge on any atom is 0.144 e. The van der Waals surface area contributed by atoms with Crippen LogP contribution in [0.4, 0.5) is 10.2 Å². The summed E-state index contributed by atoms with van der Waals surface area (Å²) in [4.78, 5) is 3.72. The van der Waals surface area contributed by atoms with E-state index in [0.717, 1.165) is 6.20 Å². The monoisotopic (exact) mass is 199 g/mol. The van der Waals surface area contributed by atoms with Crippen molar-refractivity contribution in [3.63, 3.8) is 0 Å². The molecule has 0 bridgehead atoms. The van der Waals surface area contributed by atoms with E-state index in [1.807, 2.05) is 6.92 Å². The van der Waals surface area contributed by atoms with Crippen molar-refractivity contribution < 1.29 is 9.50 Å². The number of hydrogen-bond acceptors (Lipinski definition) is 4. The first-order chi connectivity index (χ1) is 6.67. The third kappa shape index (κ3) is 2.65. The number of hydrogen-bond donors (Lipinski definition) is 3. The first kappa shape index (κ1) is 10.9. The SMILES string of the molecule is C[C@H](CO)Cc1cc(NN)ncc1F. The van der Waals surface area contributed by atoms with Crippen LogP contribution in [0.2, 0.25) is 0 Å². The third-order valence-electron chi connectivity index (χ3n) is 1.96. The van der Waals surface area contributed by atoms with Gasteiger partial charge in [0.1, 0.15) is 11.6 Å². The fraction of sp³-hybridized carbons (Fsp3) is 0.444. The molecule has 1 heterocycles. The Labute approximate surface area is 81.9 Å². The zero-order valence-electron chi connectivity index (χ0n) is 8.00. The number of aliphatic hydroxyl groups is 1. The lowest BCUT2D eigenvalue weighted by Gasteiger charge is -2.09. The van der Waals surface area contributed by atoms with Gasteiger partial charge < -0.3 is 10.5 Å². The van der Waals surface area contributed by atoms with Crippen LogP contribution < -0.4 is 11.3 Å². The second kappa shape index (κ2) is 4.88. The average Bonchev–Trinajstić information content (AvgIpc) is 2.21. The number of nitrogens with two attached hydrogens (primary N) is 1. The normalized spacial score (nSPS) is 12.6. The molecule has 0 aliphatic heterocycles. The number of nitrogen functional groups attached to an aromatic ring is 1. The highest BCUT2D eigenvalue weighted by atomic mass is 19.1. The molecular formula is C9H14FN3O. The van der Waals surface area contributed by atoms with Crippen molar-refractivity contribution in [2.75, 3.05) is 12.0 Å². The van der Waals surface area contributed by atoms with Crippen LogP contribution in [-0.4, -0.2) is 16.7 Å². The van der Waals surface area contributed by atoms with Crippen molar-refractivity contribution in [2.24, 2.45) is 11.8 Å². The number of rotatable bonds is 4. The lowest BCUT2D eigenvalue weighted by atomic mass is 10.0. The van der Waals surface area contributed by atoms with Crippen LogP contribution in [0, 0.1) is 11.7 Å². The standard InChI is InChI=1S/C9H14FN3O/c1-6(5-14)2-7-3-9(13-11)12-4-8(7)10/h3-4,6,14H,2,5,11H2,1H3,(H,12,13)/t6-/m0/s1. The van der Waals surface area contributed by atoms with E-state index in [1.54, 1.807) is 6.07 Å². The van der Waals surface area contributed by atoms with Gasteiger partial charge in [-0.25, -0.2) is 15.2 Å². The molecule has 0 unspecified atom stereocenters. The van der Waals surface area contributed by atoms with E-state index in [0.29, 0.717) is 17.8 Å². The number of nitrogens with zero attached hydrogens (tertiary/aromatic N) is 1. The van der Waals surface area contributed by atoms with Crippen LogP contribution in [0.15, 0.2) is 12.3 Å². The molecule has 0 spiro atoms. The Balaban J connectivity index is 2.83. The minimum atomic E-state index is -0.371. The van der Waals surface area contributed by atoms with Gasteiger partial charge >= 0.3 is 0 Å². The topological polar surface area (TPSA) is 71.2 Å². The summed E-state index contributed by atoms with van der Waals surface area (Å²) >= 11 is 0. The van der Waals surface area contributed by atoms with Crippen LogP contribution in [0.25, 0.3) is 0 Å². The highest BCUT2D eigenvalue weighted by Gasteiger charge is 2.08. The molecule has 14 heavy (non-hydrogen) atoms. The average molecular weight is 199 g/mol. The van der Waals surface area contributed by atoms with Gasteiger partial charge in [0.2, 0.25) is 0 Å².